The molecule has 0 saturated heterocycles. The van der Waals surface area contributed by atoms with Gasteiger partial charge in [-0.2, -0.15) is 0 Å². The van der Waals surface area contributed by atoms with Gasteiger partial charge in [0.1, 0.15) is 6.04 Å². The molecule has 204 valence electrons. The van der Waals surface area contributed by atoms with Crippen molar-refractivity contribution in [2.75, 3.05) is 17.1 Å². The number of rotatable bonds is 12. The molecule has 0 aliphatic heterocycles. The second kappa shape index (κ2) is 13.5. The Labute approximate surface area is 231 Å². The van der Waals surface area contributed by atoms with Crippen molar-refractivity contribution in [3.63, 3.8) is 0 Å². The minimum Gasteiger partial charge on any atom is -0.352 e. The van der Waals surface area contributed by atoms with E-state index in [-0.39, 0.29) is 43.8 Å². The van der Waals surface area contributed by atoms with Crippen molar-refractivity contribution in [1.82, 2.24) is 10.2 Å². The third kappa shape index (κ3) is 8.35. The number of benzene rings is 2. The first-order valence-corrected chi connectivity index (χ1v) is 14.9. The van der Waals surface area contributed by atoms with Crippen LogP contribution in [-0.4, -0.2) is 50.0 Å². The zero-order valence-corrected chi connectivity index (χ0v) is 24.7. The predicted molar refractivity (Wildman–Crippen MR) is 152 cm³/mol. The summed E-state index contributed by atoms with van der Waals surface area (Å²) in [6.45, 7) is 9.51. The van der Waals surface area contributed by atoms with Gasteiger partial charge in [-0.1, -0.05) is 48.3 Å². The summed E-state index contributed by atoms with van der Waals surface area (Å²) in [6.07, 6.45) is 2.22. The molecule has 10 heteroatoms. The number of anilines is 1. The van der Waals surface area contributed by atoms with Crippen LogP contribution < -0.4 is 9.62 Å². The van der Waals surface area contributed by atoms with Gasteiger partial charge < -0.3 is 10.2 Å². The van der Waals surface area contributed by atoms with Crippen LogP contribution in [0.5, 0.6) is 0 Å². The van der Waals surface area contributed by atoms with E-state index in [0.29, 0.717) is 21.3 Å². The van der Waals surface area contributed by atoms with Gasteiger partial charge in [0.05, 0.1) is 11.9 Å². The molecule has 7 nitrogen and oxygen atoms in total. The molecule has 0 aliphatic rings. The maximum atomic E-state index is 13.5. The molecule has 2 atom stereocenters. The molecule has 0 saturated carbocycles. The van der Waals surface area contributed by atoms with Crippen LogP contribution in [0, 0.1) is 13.8 Å². The van der Waals surface area contributed by atoms with Crippen LogP contribution >= 0.6 is 23.2 Å². The Bertz CT molecular complexity index is 1200. The number of sulfonamides is 1. The Balaban J connectivity index is 2.27. The Morgan fingerprint density at radius 3 is 2.19 bits per heavy atom. The van der Waals surface area contributed by atoms with Crippen LogP contribution in [0.25, 0.3) is 0 Å². The van der Waals surface area contributed by atoms with Crippen LogP contribution in [0.4, 0.5) is 5.69 Å². The number of nitrogens with one attached hydrogen (secondary N) is 1. The average molecular weight is 571 g/mol. The average Bonchev–Trinajstić information content (AvgIpc) is 2.82. The first kappa shape index (κ1) is 30.9. The van der Waals surface area contributed by atoms with Crippen molar-refractivity contribution < 1.29 is 18.0 Å². The van der Waals surface area contributed by atoms with Crippen molar-refractivity contribution in [1.29, 1.82) is 0 Å². The molecule has 2 amide bonds. The van der Waals surface area contributed by atoms with Gasteiger partial charge in [0.25, 0.3) is 0 Å². The van der Waals surface area contributed by atoms with Crippen LogP contribution in [0.3, 0.4) is 0 Å². The molecule has 0 heterocycles. The molecule has 0 bridgehead atoms. The molecule has 2 aromatic carbocycles. The van der Waals surface area contributed by atoms with Crippen LogP contribution in [0.1, 0.15) is 56.7 Å². The minimum absolute atomic E-state index is 0.0416. The monoisotopic (exact) mass is 569 g/mol. The Morgan fingerprint density at radius 2 is 1.62 bits per heavy atom. The SMILES string of the molecule is CC[C@H](C)NC(=O)[C@@H](C)N(Cc1c(Cl)cccc1Cl)C(=O)CCCN(c1cccc(C)c1C)S(C)(=O)=O. The molecule has 0 spiro atoms. The Kier molecular flexibility index (Phi) is 11.3. The summed E-state index contributed by atoms with van der Waals surface area (Å²) in [5, 5.41) is 3.72. The number of carbonyl (C=O) groups is 2. The maximum Gasteiger partial charge on any atom is 0.242 e. The summed E-state index contributed by atoms with van der Waals surface area (Å²) >= 11 is 12.7. The summed E-state index contributed by atoms with van der Waals surface area (Å²) in [5.41, 5.74) is 2.99. The van der Waals surface area contributed by atoms with E-state index < -0.39 is 16.1 Å². The molecule has 0 unspecified atom stereocenters. The van der Waals surface area contributed by atoms with Gasteiger partial charge in [0, 0.05) is 41.2 Å². The summed E-state index contributed by atoms with van der Waals surface area (Å²) < 4.78 is 26.5. The molecular weight excluding hydrogens is 533 g/mol. The van der Waals surface area contributed by atoms with Crippen molar-refractivity contribution in [3.05, 3.63) is 63.1 Å². The fraction of sp³-hybridized carbons (Fsp3) is 0.481. The number of hydrogen-bond acceptors (Lipinski definition) is 4. The van der Waals surface area contributed by atoms with Crippen molar-refractivity contribution in [2.45, 2.75) is 72.5 Å². The van der Waals surface area contributed by atoms with Crippen LogP contribution in [-0.2, 0) is 26.2 Å². The zero-order chi connectivity index (χ0) is 27.9. The van der Waals surface area contributed by atoms with E-state index in [1.165, 1.54) is 9.21 Å². The maximum absolute atomic E-state index is 13.5. The third-order valence-electron chi connectivity index (χ3n) is 6.56. The van der Waals surface area contributed by atoms with Gasteiger partial charge in [-0.3, -0.25) is 13.9 Å². The normalized spacial score (nSPS) is 13.1. The molecule has 2 aromatic rings. The van der Waals surface area contributed by atoms with E-state index in [2.05, 4.69) is 5.32 Å². The van der Waals surface area contributed by atoms with Crippen molar-refractivity contribution in [2.24, 2.45) is 0 Å². The summed E-state index contributed by atoms with van der Waals surface area (Å²) in [5.74, 6) is -0.573. The van der Waals surface area contributed by atoms with E-state index in [1.807, 2.05) is 39.8 Å². The highest BCUT2D eigenvalue weighted by Gasteiger charge is 2.28. The molecule has 1 N–H and O–H groups in total. The lowest BCUT2D eigenvalue weighted by Gasteiger charge is -2.31. The zero-order valence-electron chi connectivity index (χ0n) is 22.3. The first-order valence-electron chi connectivity index (χ1n) is 12.3. The number of aryl methyl sites for hydroxylation is 1. The van der Waals surface area contributed by atoms with Gasteiger partial charge in [-0.25, -0.2) is 8.42 Å². The van der Waals surface area contributed by atoms with Crippen molar-refractivity contribution >= 4 is 50.7 Å². The van der Waals surface area contributed by atoms with E-state index in [1.54, 1.807) is 31.2 Å². The summed E-state index contributed by atoms with van der Waals surface area (Å²) in [7, 11) is -3.57. The lowest BCUT2D eigenvalue weighted by molar-refractivity contribution is -0.140. The smallest absolute Gasteiger partial charge is 0.242 e. The predicted octanol–water partition coefficient (Wildman–Crippen LogP) is 5.49. The van der Waals surface area contributed by atoms with Crippen LogP contribution in [0.2, 0.25) is 10.0 Å². The van der Waals surface area contributed by atoms with Gasteiger partial charge in [0.15, 0.2) is 0 Å². The standard InChI is InChI=1S/C27H37Cl2N3O4S/c1-7-19(3)30-27(34)21(5)31(17-22-23(28)12-9-13-24(22)29)26(33)15-10-16-32(37(6,35)36)25-14-8-11-18(2)20(25)4/h8-9,11-14,19,21H,7,10,15-17H2,1-6H3,(H,30,34)/t19-,21+/m0/s1. The molecule has 0 fully saturated rings. The lowest BCUT2D eigenvalue weighted by atomic mass is 10.1. The first-order chi connectivity index (χ1) is 17.3. The van der Waals surface area contributed by atoms with Gasteiger partial charge in [-0.15, -0.1) is 0 Å². The summed E-state index contributed by atoms with van der Waals surface area (Å²) in [6, 6.07) is 9.76. The molecule has 0 aliphatic carbocycles. The lowest BCUT2D eigenvalue weighted by Crippen LogP contribution is -2.49. The molecule has 0 radical (unpaired) electrons. The fourth-order valence-electron chi connectivity index (χ4n) is 3.89. The van der Waals surface area contributed by atoms with E-state index in [4.69, 9.17) is 23.2 Å². The minimum atomic E-state index is -3.57. The molecule has 37 heavy (non-hydrogen) atoms. The fourth-order valence-corrected chi connectivity index (χ4v) is 5.42. The van der Waals surface area contributed by atoms with Crippen LogP contribution in [0.15, 0.2) is 36.4 Å². The second-order valence-electron chi connectivity index (χ2n) is 9.37. The van der Waals surface area contributed by atoms with E-state index in [9.17, 15) is 18.0 Å². The second-order valence-corrected chi connectivity index (χ2v) is 12.1. The third-order valence-corrected chi connectivity index (χ3v) is 8.44. The van der Waals surface area contributed by atoms with E-state index >= 15 is 0 Å². The van der Waals surface area contributed by atoms with Gasteiger partial charge in [0.2, 0.25) is 21.8 Å². The molecule has 0 aromatic heterocycles. The van der Waals surface area contributed by atoms with Gasteiger partial charge >= 0.3 is 0 Å². The van der Waals surface area contributed by atoms with Crippen molar-refractivity contribution in [3.8, 4) is 0 Å². The highest BCUT2D eigenvalue weighted by atomic mass is 35.5. The number of nitrogens with zero attached hydrogens (tertiary/aromatic N) is 2. The topological polar surface area (TPSA) is 86.8 Å². The summed E-state index contributed by atoms with van der Waals surface area (Å²) in [4.78, 5) is 27.8. The largest absolute Gasteiger partial charge is 0.352 e. The Hall–Kier alpha value is -2.29. The number of carbonyl (C=O) groups excluding carboxylic acids is 2. The highest BCUT2D eigenvalue weighted by molar-refractivity contribution is 7.92. The van der Waals surface area contributed by atoms with Gasteiger partial charge in [-0.05, 0) is 69.9 Å². The van der Waals surface area contributed by atoms with E-state index in [0.717, 1.165) is 23.8 Å². The quantitative estimate of drug-likeness (QED) is 0.366. The Morgan fingerprint density at radius 1 is 1.03 bits per heavy atom. The molecular formula is C27H37Cl2N3O4S. The number of halogens is 2. The highest BCUT2D eigenvalue weighted by Crippen LogP contribution is 2.28. The number of amides is 2. The number of hydrogen-bond donors (Lipinski definition) is 1. The molecule has 2 rings (SSSR count).